The van der Waals surface area contributed by atoms with E-state index in [2.05, 4.69) is 11.6 Å². The molecule has 1 aromatic heterocycles. The summed E-state index contributed by atoms with van der Waals surface area (Å²) >= 11 is 0. The van der Waals surface area contributed by atoms with Gasteiger partial charge in [0, 0.05) is 5.56 Å². The van der Waals surface area contributed by atoms with Crippen molar-refractivity contribution in [2.75, 3.05) is 13.1 Å². The third kappa shape index (κ3) is 1.89. The molecule has 2 heterocycles. The van der Waals surface area contributed by atoms with Gasteiger partial charge in [-0.3, -0.25) is 0 Å². The monoisotopic (exact) mass is 164 g/mol. The van der Waals surface area contributed by atoms with Gasteiger partial charge in [0.15, 0.2) is 6.26 Å². The van der Waals surface area contributed by atoms with Crippen LogP contribution in [0.15, 0.2) is 16.7 Å². The van der Waals surface area contributed by atoms with Crippen molar-refractivity contribution in [2.45, 2.75) is 19.3 Å². The summed E-state index contributed by atoms with van der Waals surface area (Å²) in [6.45, 7) is 2.34. The van der Waals surface area contributed by atoms with Crippen LogP contribution in [-0.4, -0.2) is 13.1 Å². The molecule has 0 bridgehead atoms. The Bertz CT molecular complexity index is 212. The summed E-state index contributed by atoms with van der Waals surface area (Å²) in [5.41, 5.74) is 1.21. The minimum Gasteiger partial charge on any atom is -0.461 e. The SMILES string of the molecule is [c]1occc1CC1CCCNC1. The molecule has 2 nitrogen and oxygen atoms in total. The maximum Gasteiger partial charge on any atom is 0.172 e. The zero-order valence-corrected chi connectivity index (χ0v) is 7.18. The number of furan rings is 1. The van der Waals surface area contributed by atoms with Crippen LogP contribution in [-0.2, 0) is 6.42 Å². The van der Waals surface area contributed by atoms with Crippen molar-refractivity contribution in [2.24, 2.45) is 5.92 Å². The number of nitrogens with one attached hydrogen (secondary N) is 1. The normalized spacial score (nSPS) is 24.2. The molecule has 0 aromatic carbocycles. The fraction of sp³-hybridized carbons (Fsp3) is 0.600. The molecule has 2 heteroatoms. The van der Waals surface area contributed by atoms with Crippen molar-refractivity contribution in [3.63, 3.8) is 0 Å². The highest BCUT2D eigenvalue weighted by Gasteiger charge is 2.13. The average Bonchev–Trinajstić information content (AvgIpc) is 2.59. The highest BCUT2D eigenvalue weighted by molar-refractivity contribution is 5.05. The molecule has 1 atom stereocenters. The lowest BCUT2D eigenvalue weighted by atomic mass is 9.94. The Hall–Kier alpha value is -0.760. The van der Waals surface area contributed by atoms with Gasteiger partial charge in [-0.15, -0.1) is 0 Å². The second kappa shape index (κ2) is 3.76. The fourth-order valence-corrected chi connectivity index (χ4v) is 1.78. The highest BCUT2D eigenvalue weighted by atomic mass is 16.3. The quantitative estimate of drug-likeness (QED) is 0.718. The van der Waals surface area contributed by atoms with Crippen LogP contribution in [0.3, 0.4) is 0 Å². The van der Waals surface area contributed by atoms with Crippen molar-refractivity contribution >= 4 is 0 Å². The zero-order valence-electron chi connectivity index (χ0n) is 7.18. The van der Waals surface area contributed by atoms with E-state index in [0.29, 0.717) is 0 Å². The van der Waals surface area contributed by atoms with Gasteiger partial charge >= 0.3 is 0 Å². The van der Waals surface area contributed by atoms with Crippen LogP contribution in [0.4, 0.5) is 0 Å². The van der Waals surface area contributed by atoms with Crippen LogP contribution in [0.25, 0.3) is 0 Å². The summed E-state index contributed by atoms with van der Waals surface area (Å²) in [5.74, 6) is 0.785. The predicted octanol–water partition coefficient (Wildman–Crippen LogP) is 1.62. The number of hydrogen-bond acceptors (Lipinski definition) is 2. The van der Waals surface area contributed by atoms with Crippen LogP contribution < -0.4 is 5.32 Å². The van der Waals surface area contributed by atoms with E-state index in [0.717, 1.165) is 18.9 Å². The molecule has 12 heavy (non-hydrogen) atoms. The molecule has 2 rings (SSSR count). The van der Waals surface area contributed by atoms with E-state index in [1.165, 1.54) is 24.9 Å². The van der Waals surface area contributed by atoms with E-state index in [-0.39, 0.29) is 0 Å². The summed E-state index contributed by atoms with van der Waals surface area (Å²) in [6.07, 6.45) is 8.34. The molecule has 1 saturated heterocycles. The van der Waals surface area contributed by atoms with Gasteiger partial charge in [-0.1, -0.05) is 0 Å². The molecule has 1 aromatic rings. The summed E-state index contributed by atoms with van der Waals surface area (Å²) in [7, 11) is 0. The first kappa shape index (κ1) is 7.87. The Morgan fingerprint density at radius 1 is 1.67 bits per heavy atom. The minimum atomic E-state index is 0.785. The summed E-state index contributed by atoms with van der Waals surface area (Å²) in [4.78, 5) is 0. The van der Waals surface area contributed by atoms with Crippen molar-refractivity contribution < 1.29 is 4.42 Å². The van der Waals surface area contributed by atoms with Gasteiger partial charge in [0.2, 0.25) is 0 Å². The van der Waals surface area contributed by atoms with Crippen molar-refractivity contribution in [3.8, 4) is 0 Å². The van der Waals surface area contributed by atoms with E-state index in [4.69, 9.17) is 4.42 Å². The van der Waals surface area contributed by atoms with Crippen LogP contribution in [0.5, 0.6) is 0 Å². The molecule has 1 fully saturated rings. The molecule has 0 spiro atoms. The first-order chi connectivity index (χ1) is 5.95. The molecule has 1 aliphatic heterocycles. The average molecular weight is 164 g/mol. The van der Waals surface area contributed by atoms with Crippen LogP contribution in [0.1, 0.15) is 18.4 Å². The molecule has 0 amide bonds. The Morgan fingerprint density at radius 2 is 2.67 bits per heavy atom. The third-order valence-corrected chi connectivity index (χ3v) is 2.43. The topological polar surface area (TPSA) is 25.2 Å². The standard InChI is InChI=1S/C10H14NO/c1-2-9(7-11-4-1)6-10-3-5-12-8-10/h3,5,9,11H,1-2,4,6-7H2. The largest absolute Gasteiger partial charge is 0.461 e. The molecular formula is C10H14NO. The highest BCUT2D eigenvalue weighted by Crippen LogP contribution is 2.15. The van der Waals surface area contributed by atoms with Gasteiger partial charge in [0.25, 0.3) is 0 Å². The summed E-state index contributed by atoms with van der Waals surface area (Å²) < 4.78 is 4.91. The fourth-order valence-electron chi connectivity index (χ4n) is 1.78. The van der Waals surface area contributed by atoms with Gasteiger partial charge < -0.3 is 9.73 Å². The number of piperidine rings is 1. The lowest BCUT2D eigenvalue weighted by Crippen LogP contribution is -2.30. The Labute approximate surface area is 73.0 Å². The first-order valence-corrected chi connectivity index (χ1v) is 4.60. The van der Waals surface area contributed by atoms with Gasteiger partial charge in [0.1, 0.15) is 0 Å². The Kier molecular flexibility index (Phi) is 2.47. The molecule has 0 saturated carbocycles. The molecular weight excluding hydrogens is 150 g/mol. The predicted molar refractivity (Wildman–Crippen MR) is 46.8 cm³/mol. The van der Waals surface area contributed by atoms with Crippen LogP contribution >= 0.6 is 0 Å². The van der Waals surface area contributed by atoms with Gasteiger partial charge in [-0.05, 0) is 44.3 Å². The van der Waals surface area contributed by atoms with E-state index in [1.54, 1.807) is 6.26 Å². The maximum absolute atomic E-state index is 4.91. The molecule has 0 aliphatic carbocycles. The molecule has 1 N–H and O–H groups in total. The Morgan fingerprint density at radius 3 is 3.33 bits per heavy atom. The number of hydrogen-bond donors (Lipinski definition) is 1. The van der Waals surface area contributed by atoms with E-state index < -0.39 is 0 Å². The molecule has 1 unspecified atom stereocenters. The van der Waals surface area contributed by atoms with Crippen LogP contribution in [0, 0.1) is 12.2 Å². The van der Waals surface area contributed by atoms with Crippen molar-refractivity contribution in [1.82, 2.24) is 5.32 Å². The third-order valence-electron chi connectivity index (χ3n) is 2.43. The zero-order chi connectivity index (χ0) is 8.23. The van der Waals surface area contributed by atoms with Crippen molar-refractivity contribution in [1.29, 1.82) is 0 Å². The second-order valence-electron chi connectivity index (χ2n) is 3.46. The van der Waals surface area contributed by atoms with E-state index in [9.17, 15) is 0 Å². The summed E-state index contributed by atoms with van der Waals surface area (Å²) in [6, 6.07) is 2.01. The first-order valence-electron chi connectivity index (χ1n) is 4.60. The molecule has 65 valence electrons. The Balaban J connectivity index is 1.86. The molecule has 1 aliphatic rings. The number of rotatable bonds is 2. The maximum atomic E-state index is 4.91. The van der Waals surface area contributed by atoms with Gasteiger partial charge in [-0.25, -0.2) is 0 Å². The smallest absolute Gasteiger partial charge is 0.172 e. The lowest BCUT2D eigenvalue weighted by molar-refractivity contribution is 0.375. The molecule has 1 radical (unpaired) electrons. The summed E-state index contributed by atoms with van der Waals surface area (Å²) in [5, 5.41) is 3.40. The van der Waals surface area contributed by atoms with E-state index >= 15 is 0 Å². The van der Waals surface area contributed by atoms with E-state index in [1.807, 2.05) is 6.07 Å². The van der Waals surface area contributed by atoms with Crippen molar-refractivity contribution in [3.05, 3.63) is 24.2 Å². The van der Waals surface area contributed by atoms with Crippen LogP contribution in [0.2, 0.25) is 0 Å². The van der Waals surface area contributed by atoms with Gasteiger partial charge in [0.05, 0.1) is 6.26 Å². The lowest BCUT2D eigenvalue weighted by Gasteiger charge is -2.21. The van der Waals surface area contributed by atoms with Gasteiger partial charge in [-0.2, -0.15) is 0 Å². The minimum absolute atomic E-state index is 0.785. The second-order valence-corrected chi connectivity index (χ2v) is 3.46.